The average Bonchev–Trinajstić information content (AvgIpc) is 3.35. The summed E-state index contributed by atoms with van der Waals surface area (Å²) in [5.41, 5.74) is 0.922. The van der Waals surface area contributed by atoms with Gasteiger partial charge in [-0.05, 0) is 59.7 Å². The van der Waals surface area contributed by atoms with Crippen molar-refractivity contribution in [3.8, 4) is 5.75 Å². The highest BCUT2D eigenvalue weighted by Gasteiger charge is 2.32. The van der Waals surface area contributed by atoms with Gasteiger partial charge in [-0.3, -0.25) is 4.99 Å². The Labute approximate surface area is 152 Å². The first kappa shape index (κ1) is 19.6. The Balaban J connectivity index is 1.90. The van der Waals surface area contributed by atoms with E-state index in [1.807, 2.05) is 25.2 Å². The molecular formula is C20H34N4O. The number of likely N-dealkylation sites (N-methyl/N-ethyl adjacent to an activating group) is 1. The molecule has 0 aromatic heterocycles. The molecule has 1 atom stereocenters. The topological polar surface area (TPSA) is 48.9 Å². The molecule has 0 radical (unpaired) electrons. The maximum absolute atomic E-state index is 6.06. The van der Waals surface area contributed by atoms with Crippen LogP contribution in [0.3, 0.4) is 0 Å². The molecular weight excluding hydrogens is 312 g/mol. The monoisotopic (exact) mass is 346 g/mol. The van der Waals surface area contributed by atoms with E-state index >= 15 is 0 Å². The molecule has 1 saturated carbocycles. The molecule has 0 saturated heterocycles. The normalized spacial score (nSPS) is 16.7. The van der Waals surface area contributed by atoms with Crippen LogP contribution < -0.4 is 15.4 Å². The van der Waals surface area contributed by atoms with E-state index in [4.69, 9.17) is 4.74 Å². The first-order valence-electron chi connectivity index (χ1n) is 9.18. The zero-order chi connectivity index (χ0) is 18.4. The van der Waals surface area contributed by atoms with Crippen LogP contribution in [-0.2, 0) is 6.54 Å². The van der Waals surface area contributed by atoms with Crippen molar-refractivity contribution in [1.29, 1.82) is 0 Å². The van der Waals surface area contributed by atoms with Crippen LogP contribution in [0.5, 0.6) is 5.75 Å². The third-order valence-corrected chi connectivity index (χ3v) is 4.37. The van der Waals surface area contributed by atoms with Gasteiger partial charge in [-0.15, -0.1) is 0 Å². The maximum Gasteiger partial charge on any atom is 0.191 e. The zero-order valence-electron chi connectivity index (χ0n) is 16.6. The van der Waals surface area contributed by atoms with Gasteiger partial charge in [0.05, 0.1) is 0 Å². The summed E-state index contributed by atoms with van der Waals surface area (Å²) in [5.74, 6) is 2.57. The summed E-state index contributed by atoms with van der Waals surface area (Å²) in [7, 11) is 6.12. The van der Waals surface area contributed by atoms with Crippen LogP contribution in [0.15, 0.2) is 29.3 Å². The van der Waals surface area contributed by atoms with Crippen LogP contribution in [0.1, 0.15) is 39.2 Å². The quantitative estimate of drug-likeness (QED) is 0.589. The van der Waals surface area contributed by atoms with Gasteiger partial charge in [-0.2, -0.15) is 0 Å². The van der Waals surface area contributed by atoms with Gasteiger partial charge in [0.15, 0.2) is 5.96 Å². The third-order valence-electron chi connectivity index (χ3n) is 4.37. The van der Waals surface area contributed by atoms with E-state index in [1.54, 1.807) is 0 Å². The van der Waals surface area contributed by atoms with Crippen molar-refractivity contribution < 1.29 is 4.74 Å². The van der Waals surface area contributed by atoms with Gasteiger partial charge in [-0.25, -0.2) is 0 Å². The predicted molar refractivity (Wildman–Crippen MR) is 105 cm³/mol. The molecule has 5 heteroatoms. The molecule has 0 heterocycles. The number of ether oxygens (including phenoxy) is 1. The Bertz CT molecular complexity index is 571. The van der Waals surface area contributed by atoms with Crippen molar-refractivity contribution in [2.45, 2.75) is 51.8 Å². The van der Waals surface area contributed by atoms with Gasteiger partial charge in [0.2, 0.25) is 0 Å². The second-order valence-electron chi connectivity index (χ2n) is 8.00. The molecule has 140 valence electrons. The molecule has 1 aromatic rings. The van der Waals surface area contributed by atoms with Crippen LogP contribution in [0, 0.1) is 5.92 Å². The number of aliphatic imine (C=N–C) groups is 1. The molecule has 25 heavy (non-hydrogen) atoms. The minimum atomic E-state index is -0.209. The lowest BCUT2D eigenvalue weighted by molar-refractivity contribution is 0.129. The van der Waals surface area contributed by atoms with Crippen molar-refractivity contribution >= 4 is 5.96 Å². The number of hydrogen-bond donors (Lipinski definition) is 2. The van der Waals surface area contributed by atoms with Crippen LogP contribution in [0.2, 0.25) is 0 Å². The van der Waals surface area contributed by atoms with E-state index in [1.165, 1.54) is 12.8 Å². The van der Waals surface area contributed by atoms with Crippen LogP contribution in [0.25, 0.3) is 0 Å². The summed E-state index contributed by atoms with van der Waals surface area (Å²) in [6.07, 6.45) is 2.68. The molecule has 1 fully saturated rings. The second kappa shape index (κ2) is 8.56. The Kier molecular flexibility index (Phi) is 6.71. The van der Waals surface area contributed by atoms with Gasteiger partial charge in [0, 0.05) is 31.7 Å². The molecule has 0 spiro atoms. The van der Waals surface area contributed by atoms with Crippen molar-refractivity contribution in [3.63, 3.8) is 0 Å². The number of hydrogen-bond acceptors (Lipinski definition) is 3. The third kappa shape index (κ3) is 6.58. The molecule has 2 rings (SSSR count). The number of benzene rings is 1. The molecule has 1 aliphatic carbocycles. The van der Waals surface area contributed by atoms with Crippen molar-refractivity contribution in [2.24, 2.45) is 10.9 Å². The SMILES string of the molecule is CN=C(NCc1ccccc1OC(C)(C)C)NCC(C1CC1)N(C)C. The summed E-state index contributed by atoms with van der Waals surface area (Å²) in [6.45, 7) is 7.80. The summed E-state index contributed by atoms with van der Waals surface area (Å²) < 4.78 is 6.06. The summed E-state index contributed by atoms with van der Waals surface area (Å²) in [6, 6.07) is 8.73. The first-order valence-corrected chi connectivity index (χ1v) is 9.18. The van der Waals surface area contributed by atoms with Crippen molar-refractivity contribution in [2.75, 3.05) is 27.7 Å². The number of para-hydroxylation sites is 1. The number of guanidine groups is 1. The Morgan fingerprint density at radius 2 is 1.92 bits per heavy atom. The van der Waals surface area contributed by atoms with Gasteiger partial charge in [0.25, 0.3) is 0 Å². The van der Waals surface area contributed by atoms with Crippen LogP contribution >= 0.6 is 0 Å². The van der Waals surface area contributed by atoms with E-state index in [0.717, 1.165) is 29.7 Å². The summed E-state index contributed by atoms with van der Waals surface area (Å²) in [4.78, 5) is 6.66. The van der Waals surface area contributed by atoms with Gasteiger partial charge in [-0.1, -0.05) is 18.2 Å². The Morgan fingerprint density at radius 3 is 2.48 bits per heavy atom. The fourth-order valence-corrected chi connectivity index (χ4v) is 2.93. The standard InChI is InChI=1S/C20H34N4O/c1-20(2,3)25-18-10-8-7-9-16(18)13-22-19(21-4)23-14-17(24(5)6)15-11-12-15/h7-10,15,17H,11-14H2,1-6H3,(H2,21,22,23). The smallest absolute Gasteiger partial charge is 0.191 e. The Hall–Kier alpha value is -1.75. The molecule has 1 aromatic carbocycles. The minimum Gasteiger partial charge on any atom is -0.488 e. The second-order valence-corrected chi connectivity index (χ2v) is 8.00. The van der Waals surface area contributed by atoms with E-state index in [9.17, 15) is 0 Å². The number of rotatable bonds is 7. The van der Waals surface area contributed by atoms with Gasteiger partial charge >= 0.3 is 0 Å². The number of nitrogens with zero attached hydrogens (tertiary/aromatic N) is 2. The zero-order valence-corrected chi connectivity index (χ0v) is 16.6. The van der Waals surface area contributed by atoms with Gasteiger partial charge < -0.3 is 20.3 Å². The summed E-state index contributed by atoms with van der Waals surface area (Å²) >= 11 is 0. The maximum atomic E-state index is 6.06. The molecule has 1 unspecified atom stereocenters. The molecule has 0 amide bonds. The van der Waals surface area contributed by atoms with Gasteiger partial charge in [0.1, 0.15) is 11.4 Å². The highest BCUT2D eigenvalue weighted by Crippen LogP contribution is 2.34. The van der Waals surface area contributed by atoms with Crippen LogP contribution in [-0.4, -0.2) is 50.2 Å². The van der Waals surface area contributed by atoms with Crippen LogP contribution in [0.4, 0.5) is 0 Å². The molecule has 5 nitrogen and oxygen atoms in total. The summed E-state index contributed by atoms with van der Waals surface area (Å²) in [5, 5.41) is 6.87. The lowest BCUT2D eigenvalue weighted by atomic mass is 10.1. The largest absolute Gasteiger partial charge is 0.488 e. The van der Waals surface area contributed by atoms with E-state index in [0.29, 0.717) is 12.6 Å². The van der Waals surface area contributed by atoms with E-state index < -0.39 is 0 Å². The highest BCUT2D eigenvalue weighted by atomic mass is 16.5. The average molecular weight is 347 g/mol. The van der Waals surface area contributed by atoms with Crippen molar-refractivity contribution in [1.82, 2.24) is 15.5 Å². The predicted octanol–water partition coefficient (Wildman–Crippen LogP) is 2.87. The fraction of sp³-hybridized carbons (Fsp3) is 0.650. The minimum absolute atomic E-state index is 0.209. The molecule has 0 bridgehead atoms. The highest BCUT2D eigenvalue weighted by molar-refractivity contribution is 5.79. The molecule has 0 aliphatic heterocycles. The van der Waals surface area contributed by atoms with E-state index in [-0.39, 0.29) is 5.60 Å². The Morgan fingerprint density at radius 1 is 1.24 bits per heavy atom. The fourth-order valence-electron chi connectivity index (χ4n) is 2.93. The van der Waals surface area contributed by atoms with E-state index in [2.05, 4.69) is 61.5 Å². The van der Waals surface area contributed by atoms with Crippen molar-refractivity contribution in [3.05, 3.63) is 29.8 Å². The lowest BCUT2D eigenvalue weighted by Gasteiger charge is -2.26. The first-order chi connectivity index (χ1) is 11.8. The molecule has 2 N–H and O–H groups in total. The lowest BCUT2D eigenvalue weighted by Crippen LogP contribution is -2.45. The number of nitrogens with one attached hydrogen (secondary N) is 2. The molecule has 1 aliphatic rings.